The standard InChI is InChI=1S/C20H28N2O3/c1-24-18-11-17(12-19(13-18)25-2)22-10-9-16(14-22)21-20(23)15-7-5-3-4-6-8-15/h7,11-13,16H,3-6,8-10,14H2,1-2H3,(H,21,23)/t16-/m1/s1. The molecule has 2 aliphatic rings. The molecule has 0 unspecified atom stereocenters. The molecule has 0 aromatic heterocycles. The first kappa shape index (κ1) is 17.6. The van der Waals surface area contributed by atoms with Crippen LogP contribution in [0.3, 0.4) is 0 Å². The molecule has 0 bridgehead atoms. The van der Waals surface area contributed by atoms with Crippen LogP contribution in [0.25, 0.3) is 0 Å². The van der Waals surface area contributed by atoms with E-state index in [2.05, 4.69) is 16.3 Å². The number of ether oxygens (including phenoxy) is 2. The van der Waals surface area contributed by atoms with Crippen molar-refractivity contribution in [1.29, 1.82) is 0 Å². The predicted molar refractivity (Wildman–Crippen MR) is 99.5 cm³/mol. The quantitative estimate of drug-likeness (QED) is 0.890. The number of nitrogens with zero attached hydrogens (tertiary/aromatic N) is 1. The molecule has 1 aromatic rings. The van der Waals surface area contributed by atoms with Gasteiger partial charge in [0.1, 0.15) is 11.5 Å². The van der Waals surface area contributed by atoms with Gasteiger partial charge < -0.3 is 19.7 Å². The molecule has 25 heavy (non-hydrogen) atoms. The number of allylic oxidation sites excluding steroid dienone is 1. The van der Waals surface area contributed by atoms with Gasteiger partial charge in [-0.25, -0.2) is 0 Å². The molecule has 1 aromatic carbocycles. The van der Waals surface area contributed by atoms with Crippen molar-refractivity contribution in [2.75, 3.05) is 32.2 Å². The van der Waals surface area contributed by atoms with Crippen LogP contribution in [0.15, 0.2) is 29.8 Å². The van der Waals surface area contributed by atoms with Gasteiger partial charge in [-0.05, 0) is 32.1 Å². The van der Waals surface area contributed by atoms with Gasteiger partial charge in [-0.2, -0.15) is 0 Å². The van der Waals surface area contributed by atoms with Gasteiger partial charge >= 0.3 is 0 Å². The van der Waals surface area contributed by atoms with Crippen molar-refractivity contribution in [2.45, 2.75) is 44.6 Å². The van der Waals surface area contributed by atoms with Crippen LogP contribution in [0.1, 0.15) is 38.5 Å². The maximum absolute atomic E-state index is 12.5. The summed E-state index contributed by atoms with van der Waals surface area (Å²) in [5.74, 6) is 1.69. The van der Waals surface area contributed by atoms with E-state index in [9.17, 15) is 4.79 Å². The normalized spacial score (nSPS) is 20.6. The molecular formula is C20H28N2O3. The number of benzene rings is 1. The summed E-state index contributed by atoms with van der Waals surface area (Å²) in [5, 5.41) is 3.22. The van der Waals surface area contributed by atoms with Gasteiger partial charge in [-0.1, -0.05) is 12.5 Å². The number of carbonyl (C=O) groups excluding carboxylic acids is 1. The van der Waals surface area contributed by atoms with E-state index in [1.165, 1.54) is 12.8 Å². The average molecular weight is 344 g/mol. The summed E-state index contributed by atoms with van der Waals surface area (Å²) in [6.07, 6.45) is 8.58. The summed E-state index contributed by atoms with van der Waals surface area (Å²) in [4.78, 5) is 14.8. The van der Waals surface area contributed by atoms with E-state index >= 15 is 0 Å². The van der Waals surface area contributed by atoms with Crippen molar-refractivity contribution in [1.82, 2.24) is 5.32 Å². The average Bonchev–Trinajstić information content (AvgIpc) is 2.93. The van der Waals surface area contributed by atoms with Crippen LogP contribution in [-0.4, -0.2) is 39.3 Å². The lowest BCUT2D eigenvalue weighted by atomic mass is 10.1. The fraction of sp³-hybridized carbons (Fsp3) is 0.550. The summed E-state index contributed by atoms with van der Waals surface area (Å²) >= 11 is 0. The molecule has 1 saturated heterocycles. The number of methoxy groups -OCH3 is 2. The lowest BCUT2D eigenvalue weighted by Gasteiger charge is -2.21. The minimum atomic E-state index is 0.122. The number of rotatable bonds is 5. The highest BCUT2D eigenvalue weighted by atomic mass is 16.5. The van der Waals surface area contributed by atoms with E-state index in [1.54, 1.807) is 14.2 Å². The smallest absolute Gasteiger partial charge is 0.247 e. The van der Waals surface area contributed by atoms with E-state index in [0.29, 0.717) is 0 Å². The van der Waals surface area contributed by atoms with Crippen LogP contribution >= 0.6 is 0 Å². The minimum Gasteiger partial charge on any atom is -0.497 e. The zero-order chi connectivity index (χ0) is 17.6. The SMILES string of the molecule is COc1cc(OC)cc(N2CC[C@@H](NC(=O)C3=CCCCCC3)C2)c1. The van der Waals surface area contributed by atoms with Gasteiger partial charge in [0.05, 0.1) is 14.2 Å². The monoisotopic (exact) mass is 344 g/mol. The molecule has 136 valence electrons. The third kappa shape index (κ3) is 4.47. The molecule has 0 spiro atoms. The molecule has 5 heteroatoms. The molecule has 0 saturated carbocycles. The van der Waals surface area contributed by atoms with Crippen molar-refractivity contribution in [2.24, 2.45) is 0 Å². The van der Waals surface area contributed by atoms with Gasteiger partial charge in [0, 0.05) is 48.6 Å². The maximum atomic E-state index is 12.5. The zero-order valence-electron chi connectivity index (χ0n) is 15.2. The lowest BCUT2D eigenvalue weighted by molar-refractivity contribution is -0.118. The molecule has 1 N–H and O–H groups in total. The Kier molecular flexibility index (Phi) is 5.84. The highest BCUT2D eigenvalue weighted by Crippen LogP contribution is 2.30. The molecule has 1 amide bonds. The largest absolute Gasteiger partial charge is 0.497 e. The first-order valence-electron chi connectivity index (χ1n) is 9.17. The first-order valence-corrected chi connectivity index (χ1v) is 9.17. The second kappa shape index (κ2) is 8.28. The summed E-state index contributed by atoms with van der Waals surface area (Å²) in [6.45, 7) is 1.73. The maximum Gasteiger partial charge on any atom is 0.247 e. The van der Waals surface area contributed by atoms with Crippen molar-refractivity contribution >= 4 is 11.6 Å². The van der Waals surface area contributed by atoms with Crippen LogP contribution in [-0.2, 0) is 4.79 Å². The van der Waals surface area contributed by atoms with E-state index in [-0.39, 0.29) is 11.9 Å². The Morgan fingerprint density at radius 1 is 1.12 bits per heavy atom. The first-order chi connectivity index (χ1) is 12.2. The number of hydrogen-bond acceptors (Lipinski definition) is 4. The van der Waals surface area contributed by atoms with Crippen molar-refractivity contribution < 1.29 is 14.3 Å². The third-order valence-electron chi connectivity index (χ3n) is 5.06. The topological polar surface area (TPSA) is 50.8 Å². The van der Waals surface area contributed by atoms with Gasteiger partial charge in [-0.15, -0.1) is 0 Å². The second-order valence-electron chi connectivity index (χ2n) is 6.80. The number of amides is 1. The summed E-state index contributed by atoms with van der Waals surface area (Å²) in [5.41, 5.74) is 2.04. The van der Waals surface area contributed by atoms with Gasteiger partial charge in [0.25, 0.3) is 0 Å². The Labute approximate surface area is 150 Å². The molecule has 1 atom stereocenters. The van der Waals surface area contributed by atoms with Crippen LogP contribution in [0.4, 0.5) is 5.69 Å². The number of hydrogen-bond donors (Lipinski definition) is 1. The van der Waals surface area contributed by atoms with Crippen LogP contribution in [0, 0.1) is 0 Å². The molecule has 0 radical (unpaired) electrons. The number of anilines is 1. The molecular weight excluding hydrogens is 316 g/mol. The number of nitrogens with one attached hydrogen (secondary N) is 1. The zero-order valence-corrected chi connectivity index (χ0v) is 15.2. The minimum absolute atomic E-state index is 0.122. The summed E-state index contributed by atoms with van der Waals surface area (Å²) in [6, 6.07) is 6.09. The van der Waals surface area contributed by atoms with Crippen LogP contribution < -0.4 is 19.7 Å². The summed E-state index contributed by atoms with van der Waals surface area (Å²) < 4.78 is 10.7. The van der Waals surface area contributed by atoms with Crippen molar-refractivity contribution in [3.63, 3.8) is 0 Å². The molecule has 1 fully saturated rings. The Hall–Kier alpha value is -2.17. The Bertz CT molecular complexity index is 620. The Morgan fingerprint density at radius 3 is 2.60 bits per heavy atom. The van der Waals surface area contributed by atoms with E-state index in [4.69, 9.17) is 9.47 Å². The third-order valence-corrected chi connectivity index (χ3v) is 5.06. The van der Waals surface area contributed by atoms with E-state index in [0.717, 1.165) is 61.5 Å². The van der Waals surface area contributed by atoms with Crippen molar-refractivity contribution in [3.8, 4) is 11.5 Å². The predicted octanol–water partition coefficient (Wildman–Crippen LogP) is 3.29. The van der Waals surface area contributed by atoms with Crippen molar-refractivity contribution in [3.05, 3.63) is 29.8 Å². The highest BCUT2D eigenvalue weighted by molar-refractivity contribution is 5.93. The number of carbonyl (C=O) groups is 1. The lowest BCUT2D eigenvalue weighted by Crippen LogP contribution is -2.37. The second-order valence-corrected chi connectivity index (χ2v) is 6.80. The van der Waals surface area contributed by atoms with Crippen LogP contribution in [0.5, 0.6) is 11.5 Å². The molecule has 1 aliphatic carbocycles. The molecule has 5 nitrogen and oxygen atoms in total. The van der Waals surface area contributed by atoms with E-state index < -0.39 is 0 Å². The fourth-order valence-corrected chi connectivity index (χ4v) is 3.59. The fourth-order valence-electron chi connectivity index (χ4n) is 3.59. The Balaban J connectivity index is 1.61. The van der Waals surface area contributed by atoms with Gasteiger partial charge in [0.2, 0.25) is 5.91 Å². The molecule has 3 rings (SSSR count). The highest BCUT2D eigenvalue weighted by Gasteiger charge is 2.25. The molecule has 1 heterocycles. The van der Waals surface area contributed by atoms with E-state index in [1.807, 2.05) is 18.2 Å². The van der Waals surface area contributed by atoms with Crippen LogP contribution in [0.2, 0.25) is 0 Å². The van der Waals surface area contributed by atoms with Gasteiger partial charge in [0.15, 0.2) is 0 Å². The van der Waals surface area contributed by atoms with Gasteiger partial charge in [-0.3, -0.25) is 4.79 Å². The molecule has 1 aliphatic heterocycles. The Morgan fingerprint density at radius 2 is 1.88 bits per heavy atom. The summed E-state index contributed by atoms with van der Waals surface area (Å²) in [7, 11) is 3.32.